The summed E-state index contributed by atoms with van der Waals surface area (Å²) in [6.45, 7) is 5.56. The fourth-order valence-electron chi connectivity index (χ4n) is 2.10. The molecule has 0 amide bonds. The lowest BCUT2D eigenvalue weighted by atomic mass is 9.72. The molecule has 0 aromatic heterocycles. The third-order valence-corrected chi connectivity index (χ3v) is 4.58. The van der Waals surface area contributed by atoms with Crippen LogP contribution in [-0.2, 0) is 0 Å². The predicted molar refractivity (Wildman–Crippen MR) is 57.5 cm³/mol. The molecule has 1 aliphatic heterocycles. The highest BCUT2D eigenvalue weighted by atomic mass is 32.2. The van der Waals surface area contributed by atoms with E-state index in [1.807, 2.05) is 0 Å². The van der Waals surface area contributed by atoms with Crippen molar-refractivity contribution in [3.8, 4) is 0 Å². The molecule has 2 heteroatoms. The maximum Gasteiger partial charge on any atom is -0.000788 e. The van der Waals surface area contributed by atoms with Gasteiger partial charge in [-0.2, -0.15) is 11.8 Å². The van der Waals surface area contributed by atoms with Crippen LogP contribution in [0.2, 0.25) is 0 Å². The zero-order chi connectivity index (χ0) is 9.03. The SMILES string of the molecule is CC(C)C1(CCN)CCCSC1. The van der Waals surface area contributed by atoms with Crippen LogP contribution in [0.4, 0.5) is 0 Å². The molecule has 0 aliphatic carbocycles. The number of hydrogen-bond donors (Lipinski definition) is 1. The molecule has 1 saturated heterocycles. The minimum atomic E-state index is 0.567. The number of nitrogens with two attached hydrogens (primary N) is 1. The second kappa shape index (κ2) is 4.52. The molecule has 12 heavy (non-hydrogen) atoms. The van der Waals surface area contributed by atoms with Crippen molar-refractivity contribution in [2.24, 2.45) is 17.1 Å². The van der Waals surface area contributed by atoms with Crippen LogP contribution < -0.4 is 5.73 Å². The second-order valence-electron chi connectivity index (χ2n) is 4.21. The zero-order valence-corrected chi connectivity index (χ0v) is 9.12. The van der Waals surface area contributed by atoms with E-state index >= 15 is 0 Å². The molecule has 0 radical (unpaired) electrons. The van der Waals surface area contributed by atoms with Crippen molar-refractivity contribution in [2.45, 2.75) is 33.1 Å². The Bertz CT molecular complexity index is 122. The quantitative estimate of drug-likeness (QED) is 0.734. The standard InChI is InChI=1S/C10H21NS/c1-9(2)10(5-6-11)4-3-7-12-8-10/h9H,3-8,11H2,1-2H3. The Kier molecular flexibility index (Phi) is 3.91. The third kappa shape index (κ3) is 2.17. The second-order valence-corrected chi connectivity index (χ2v) is 5.32. The van der Waals surface area contributed by atoms with Gasteiger partial charge in [-0.15, -0.1) is 0 Å². The van der Waals surface area contributed by atoms with E-state index in [2.05, 4.69) is 25.6 Å². The third-order valence-electron chi connectivity index (χ3n) is 3.22. The van der Waals surface area contributed by atoms with E-state index in [4.69, 9.17) is 5.73 Å². The molecule has 1 unspecified atom stereocenters. The first-order valence-corrected chi connectivity index (χ1v) is 6.14. The van der Waals surface area contributed by atoms with Gasteiger partial charge in [-0.25, -0.2) is 0 Å². The molecule has 0 aromatic carbocycles. The van der Waals surface area contributed by atoms with Crippen LogP contribution in [0.25, 0.3) is 0 Å². The molecule has 0 saturated carbocycles. The van der Waals surface area contributed by atoms with Crippen LogP contribution in [0, 0.1) is 11.3 Å². The van der Waals surface area contributed by atoms with Gasteiger partial charge in [0, 0.05) is 0 Å². The van der Waals surface area contributed by atoms with Crippen molar-refractivity contribution in [3.05, 3.63) is 0 Å². The van der Waals surface area contributed by atoms with Gasteiger partial charge in [-0.1, -0.05) is 13.8 Å². The number of thioether (sulfide) groups is 1. The maximum absolute atomic E-state index is 5.67. The lowest BCUT2D eigenvalue weighted by Crippen LogP contribution is -2.35. The van der Waals surface area contributed by atoms with Crippen molar-refractivity contribution < 1.29 is 0 Å². The summed E-state index contributed by atoms with van der Waals surface area (Å²) >= 11 is 2.11. The minimum absolute atomic E-state index is 0.567. The van der Waals surface area contributed by atoms with Crippen molar-refractivity contribution in [2.75, 3.05) is 18.1 Å². The maximum atomic E-state index is 5.67. The predicted octanol–water partition coefficient (Wildman–Crippen LogP) is 2.50. The van der Waals surface area contributed by atoms with Gasteiger partial charge in [0.15, 0.2) is 0 Å². The summed E-state index contributed by atoms with van der Waals surface area (Å²) in [6, 6.07) is 0. The van der Waals surface area contributed by atoms with Crippen molar-refractivity contribution >= 4 is 11.8 Å². The number of rotatable bonds is 3. The Labute approximate surface area is 80.5 Å². The van der Waals surface area contributed by atoms with Gasteiger partial charge in [0.25, 0.3) is 0 Å². The molecule has 1 nitrogen and oxygen atoms in total. The molecule has 1 heterocycles. The lowest BCUT2D eigenvalue weighted by Gasteiger charge is -2.40. The Balaban J connectivity index is 2.56. The minimum Gasteiger partial charge on any atom is -0.330 e. The Morgan fingerprint density at radius 2 is 2.25 bits per heavy atom. The van der Waals surface area contributed by atoms with Crippen molar-refractivity contribution in [1.29, 1.82) is 0 Å². The first kappa shape index (κ1) is 10.4. The van der Waals surface area contributed by atoms with Gasteiger partial charge in [0.1, 0.15) is 0 Å². The topological polar surface area (TPSA) is 26.0 Å². The summed E-state index contributed by atoms with van der Waals surface area (Å²) in [5, 5.41) is 0. The van der Waals surface area contributed by atoms with Gasteiger partial charge in [0.2, 0.25) is 0 Å². The van der Waals surface area contributed by atoms with E-state index in [9.17, 15) is 0 Å². The first-order chi connectivity index (χ1) is 5.71. The van der Waals surface area contributed by atoms with E-state index < -0.39 is 0 Å². The van der Waals surface area contributed by atoms with Gasteiger partial charge < -0.3 is 5.73 Å². The lowest BCUT2D eigenvalue weighted by molar-refractivity contribution is 0.186. The molecular weight excluding hydrogens is 166 g/mol. The van der Waals surface area contributed by atoms with Crippen molar-refractivity contribution in [1.82, 2.24) is 0 Å². The fourth-order valence-corrected chi connectivity index (χ4v) is 3.62. The van der Waals surface area contributed by atoms with Crippen LogP contribution in [0.3, 0.4) is 0 Å². The Morgan fingerprint density at radius 3 is 2.67 bits per heavy atom. The molecule has 1 fully saturated rings. The van der Waals surface area contributed by atoms with E-state index in [-0.39, 0.29) is 0 Å². The summed E-state index contributed by atoms with van der Waals surface area (Å²) < 4.78 is 0. The highest BCUT2D eigenvalue weighted by Crippen LogP contribution is 2.42. The average molecular weight is 187 g/mol. The van der Waals surface area contributed by atoms with Crippen LogP contribution in [0.5, 0.6) is 0 Å². The van der Waals surface area contributed by atoms with Gasteiger partial charge in [-0.05, 0) is 48.6 Å². The average Bonchev–Trinajstić information content (AvgIpc) is 2.06. The molecule has 1 atom stereocenters. The first-order valence-electron chi connectivity index (χ1n) is 4.99. The summed E-state index contributed by atoms with van der Waals surface area (Å²) in [7, 11) is 0. The Hall–Kier alpha value is 0.310. The van der Waals surface area contributed by atoms with Gasteiger partial charge in [0.05, 0.1) is 0 Å². The molecule has 1 aliphatic rings. The summed E-state index contributed by atoms with van der Waals surface area (Å²) in [6.07, 6.45) is 4.01. The van der Waals surface area contributed by atoms with Crippen LogP contribution >= 0.6 is 11.8 Å². The molecule has 0 bridgehead atoms. The summed E-state index contributed by atoms with van der Waals surface area (Å²) in [5.74, 6) is 3.50. The summed E-state index contributed by atoms with van der Waals surface area (Å²) in [5.41, 5.74) is 6.24. The van der Waals surface area contributed by atoms with E-state index in [0.29, 0.717) is 5.41 Å². The van der Waals surface area contributed by atoms with Crippen LogP contribution in [0.15, 0.2) is 0 Å². The molecule has 0 spiro atoms. The monoisotopic (exact) mass is 187 g/mol. The van der Waals surface area contributed by atoms with Crippen LogP contribution in [0.1, 0.15) is 33.1 Å². The highest BCUT2D eigenvalue weighted by molar-refractivity contribution is 7.99. The van der Waals surface area contributed by atoms with E-state index in [0.717, 1.165) is 12.5 Å². The Morgan fingerprint density at radius 1 is 1.50 bits per heavy atom. The van der Waals surface area contributed by atoms with E-state index in [1.165, 1.54) is 30.8 Å². The number of hydrogen-bond acceptors (Lipinski definition) is 2. The van der Waals surface area contributed by atoms with Crippen molar-refractivity contribution in [3.63, 3.8) is 0 Å². The fraction of sp³-hybridized carbons (Fsp3) is 1.00. The summed E-state index contributed by atoms with van der Waals surface area (Å²) in [4.78, 5) is 0. The molecule has 0 aromatic rings. The molecule has 1 rings (SSSR count). The molecular formula is C10H21NS. The normalized spacial score (nSPS) is 31.0. The smallest absolute Gasteiger partial charge is 0.000788 e. The van der Waals surface area contributed by atoms with E-state index in [1.54, 1.807) is 0 Å². The zero-order valence-electron chi connectivity index (χ0n) is 8.31. The molecule has 72 valence electrons. The van der Waals surface area contributed by atoms with Gasteiger partial charge >= 0.3 is 0 Å². The molecule has 2 N–H and O–H groups in total. The van der Waals surface area contributed by atoms with Crippen LogP contribution in [-0.4, -0.2) is 18.1 Å². The largest absolute Gasteiger partial charge is 0.330 e. The van der Waals surface area contributed by atoms with Gasteiger partial charge in [-0.3, -0.25) is 0 Å². The highest BCUT2D eigenvalue weighted by Gasteiger charge is 2.34.